The largest absolute Gasteiger partial charge is 0.494 e. The number of aliphatic hydroxyl groups is 1. The molecule has 0 bridgehead atoms. The summed E-state index contributed by atoms with van der Waals surface area (Å²) in [5.74, 6) is 0.0911. The Bertz CT molecular complexity index is 478. The SMILES string of the molecule is CC(O)CCCCOc1ccc(C#N)c(C(F)(F)F)c1. The van der Waals surface area contributed by atoms with E-state index in [4.69, 9.17) is 15.1 Å². The first-order chi connectivity index (χ1) is 9.34. The van der Waals surface area contributed by atoms with Crippen molar-refractivity contribution in [3.8, 4) is 11.8 Å². The number of aliphatic hydroxyl groups excluding tert-OH is 1. The van der Waals surface area contributed by atoms with Gasteiger partial charge in [-0.15, -0.1) is 0 Å². The molecular weight excluding hydrogens is 271 g/mol. The van der Waals surface area contributed by atoms with Crippen molar-refractivity contribution in [2.24, 2.45) is 0 Å². The van der Waals surface area contributed by atoms with E-state index in [0.29, 0.717) is 12.8 Å². The van der Waals surface area contributed by atoms with Gasteiger partial charge in [0.15, 0.2) is 0 Å². The number of benzene rings is 1. The molecule has 0 spiro atoms. The second kappa shape index (κ2) is 7.15. The highest BCUT2D eigenvalue weighted by Gasteiger charge is 2.34. The van der Waals surface area contributed by atoms with E-state index >= 15 is 0 Å². The van der Waals surface area contributed by atoms with Gasteiger partial charge in [0, 0.05) is 0 Å². The lowest BCUT2D eigenvalue weighted by atomic mass is 10.1. The molecule has 0 aliphatic heterocycles. The maximum absolute atomic E-state index is 12.7. The topological polar surface area (TPSA) is 53.2 Å². The monoisotopic (exact) mass is 287 g/mol. The Morgan fingerprint density at radius 3 is 2.60 bits per heavy atom. The van der Waals surface area contributed by atoms with Crippen molar-refractivity contribution >= 4 is 0 Å². The van der Waals surface area contributed by atoms with Crippen molar-refractivity contribution in [2.45, 2.75) is 38.5 Å². The van der Waals surface area contributed by atoms with Crippen LogP contribution < -0.4 is 4.74 Å². The number of nitriles is 1. The number of hydrogen-bond donors (Lipinski definition) is 1. The summed E-state index contributed by atoms with van der Waals surface area (Å²) in [7, 11) is 0. The highest BCUT2D eigenvalue weighted by molar-refractivity contribution is 5.44. The molecule has 0 fully saturated rings. The van der Waals surface area contributed by atoms with E-state index < -0.39 is 17.3 Å². The van der Waals surface area contributed by atoms with E-state index in [2.05, 4.69) is 0 Å². The number of ether oxygens (including phenoxy) is 1. The minimum absolute atomic E-state index is 0.0911. The zero-order chi connectivity index (χ0) is 15.2. The summed E-state index contributed by atoms with van der Waals surface area (Å²) in [6.45, 7) is 1.95. The maximum Gasteiger partial charge on any atom is 0.417 e. The predicted molar refractivity (Wildman–Crippen MR) is 67.2 cm³/mol. The molecule has 0 aliphatic rings. The van der Waals surface area contributed by atoms with Crippen molar-refractivity contribution in [3.05, 3.63) is 29.3 Å². The fraction of sp³-hybridized carbons (Fsp3) is 0.500. The molecule has 20 heavy (non-hydrogen) atoms. The minimum atomic E-state index is -4.57. The highest BCUT2D eigenvalue weighted by Crippen LogP contribution is 2.34. The third-order valence-electron chi connectivity index (χ3n) is 2.70. The van der Waals surface area contributed by atoms with Crippen LogP contribution in [0, 0.1) is 11.3 Å². The molecule has 0 saturated carbocycles. The lowest BCUT2D eigenvalue weighted by Gasteiger charge is -2.12. The van der Waals surface area contributed by atoms with Gasteiger partial charge in [-0.2, -0.15) is 18.4 Å². The van der Waals surface area contributed by atoms with Crippen LogP contribution in [0.5, 0.6) is 5.75 Å². The molecule has 1 rings (SSSR count). The van der Waals surface area contributed by atoms with Gasteiger partial charge < -0.3 is 9.84 Å². The van der Waals surface area contributed by atoms with Gasteiger partial charge in [-0.3, -0.25) is 0 Å². The molecule has 3 nitrogen and oxygen atoms in total. The summed E-state index contributed by atoms with van der Waals surface area (Å²) in [5.41, 5.74) is -1.40. The van der Waals surface area contributed by atoms with Crippen LogP contribution in [0.4, 0.5) is 13.2 Å². The molecule has 6 heteroatoms. The Balaban J connectivity index is 2.62. The van der Waals surface area contributed by atoms with Gasteiger partial charge in [-0.1, -0.05) is 0 Å². The van der Waals surface area contributed by atoms with Crippen LogP contribution in [0.1, 0.15) is 37.3 Å². The molecule has 110 valence electrons. The van der Waals surface area contributed by atoms with Gasteiger partial charge >= 0.3 is 6.18 Å². The summed E-state index contributed by atoms with van der Waals surface area (Å²) >= 11 is 0. The Labute approximate surface area is 115 Å². The van der Waals surface area contributed by atoms with Crippen molar-refractivity contribution < 1.29 is 23.0 Å². The van der Waals surface area contributed by atoms with Gasteiger partial charge in [-0.05, 0) is 44.4 Å². The van der Waals surface area contributed by atoms with Crippen LogP contribution in [0.2, 0.25) is 0 Å². The van der Waals surface area contributed by atoms with Crippen LogP contribution in [0.15, 0.2) is 18.2 Å². The summed E-state index contributed by atoms with van der Waals surface area (Å²) in [6, 6.07) is 4.81. The predicted octanol–water partition coefficient (Wildman–Crippen LogP) is 3.51. The lowest BCUT2D eigenvalue weighted by molar-refractivity contribution is -0.137. The average molecular weight is 287 g/mol. The van der Waals surface area contributed by atoms with Gasteiger partial charge in [0.1, 0.15) is 5.75 Å². The molecule has 0 radical (unpaired) electrons. The molecule has 1 aromatic carbocycles. The standard InChI is InChI=1S/C14H16F3NO2/c1-10(19)4-2-3-7-20-12-6-5-11(9-18)13(8-12)14(15,16)17/h5-6,8,10,19H,2-4,7H2,1H3. The Morgan fingerprint density at radius 2 is 2.05 bits per heavy atom. The summed E-state index contributed by atoms with van der Waals surface area (Å²) in [5, 5.41) is 17.7. The number of hydrogen-bond acceptors (Lipinski definition) is 3. The van der Waals surface area contributed by atoms with Crippen molar-refractivity contribution in [1.82, 2.24) is 0 Å². The number of alkyl halides is 3. The molecule has 1 unspecified atom stereocenters. The van der Waals surface area contributed by atoms with E-state index in [1.807, 2.05) is 0 Å². The summed E-state index contributed by atoms with van der Waals surface area (Å²) in [4.78, 5) is 0. The molecular formula is C14H16F3NO2. The lowest BCUT2D eigenvalue weighted by Crippen LogP contribution is -2.09. The van der Waals surface area contributed by atoms with Crippen LogP contribution >= 0.6 is 0 Å². The first kappa shape index (κ1) is 16.3. The number of nitrogens with zero attached hydrogens (tertiary/aromatic N) is 1. The van der Waals surface area contributed by atoms with E-state index in [9.17, 15) is 13.2 Å². The van der Waals surface area contributed by atoms with Gasteiger partial charge in [0.2, 0.25) is 0 Å². The summed E-state index contributed by atoms with van der Waals surface area (Å²) in [6.07, 6.45) is -2.95. The molecule has 0 aromatic heterocycles. The first-order valence-corrected chi connectivity index (χ1v) is 6.27. The number of rotatable bonds is 6. The van der Waals surface area contributed by atoms with Crippen molar-refractivity contribution in [1.29, 1.82) is 5.26 Å². The fourth-order valence-corrected chi connectivity index (χ4v) is 1.68. The Kier molecular flexibility index (Phi) is 5.83. The molecule has 1 N–H and O–H groups in total. The second-order valence-electron chi connectivity index (χ2n) is 4.51. The zero-order valence-corrected chi connectivity index (χ0v) is 11.1. The van der Waals surface area contributed by atoms with Gasteiger partial charge in [0.05, 0.1) is 29.9 Å². The van der Waals surface area contributed by atoms with Crippen molar-refractivity contribution in [3.63, 3.8) is 0 Å². The van der Waals surface area contributed by atoms with E-state index in [-0.39, 0.29) is 18.5 Å². The van der Waals surface area contributed by atoms with Crippen LogP contribution in [-0.4, -0.2) is 17.8 Å². The summed E-state index contributed by atoms with van der Waals surface area (Å²) < 4.78 is 43.4. The quantitative estimate of drug-likeness (QED) is 0.815. The van der Waals surface area contributed by atoms with Gasteiger partial charge in [-0.25, -0.2) is 0 Å². The third kappa shape index (κ3) is 5.10. The van der Waals surface area contributed by atoms with E-state index in [1.165, 1.54) is 12.1 Å². The number of unbranched alkanes of at least 4 members (excludes halogenated alkanes) is 1. The van der Waals surface area contributed by atoms with Gasteiger partial charge in [0.25, 0.3) is 0 Å². The smallest absolute Gasteiger partial charge is 0.417 e. The fourth-order valence-electron chi connectivity index (χ4n) is 1.68. The normalized spacial score (nSPS) is 12.8. The molecule has 0 aliphatic carbocycles. The second-order valence-corrected chi connectivity index (χ2v) is 4.51. The first-order valence-electron chi connectivity index (χ1n) is 6.27. The van der Waals surface area contributed by atoms with E-state index in [1.54, 1.807) is 6.92 Å². The third-order valence-corrected chi connectivity index (χ3v) is 2.70. The average Bonchev–Trinajstić information content (AvgIpc) is 2.36. The Morgan fingerprint density at radius 1 is 1.35 bits per heavy atom. The minimum Gasteiger partial charge on any atom is -0.494 e. The van der Waals surface area contributed by atoms with Crippen molar-refractivity contribution in [2.75, 3.05) is 6.61 Å². The van der Waals surface area contributed by atoms with Crippen LogP contribution in [-0.2, 0) is 6.18 Å². The van der Waals surface area contributed by atoms with Crippen LogP contribution in [0.3, 0.4) is 0 Å². The molecule has 0 amide bonds. The molecule has 1 atom stereocenters. The molecule has 1 aromatic rings. The molecule has 0 heterocycles. The maximum atomic E-state index is 12.7. The Hall–Kier alpha value is -1.74. The van der Waals surface area contributed by atoms with E-state index in [0.717, 1.165) is 18.6 Å². The number of halogens is 3. The van der Waals surface area contributed by atoms with Crippen LogP contribution in [0.25, 0.3) is 0 Å². The zero-order valence-electron chi connectivity index (χ0n) is 11.1. The molecule has 0 saturated heterocycles. The highest BCUT2D eigenvalue weighted by atomic mass is 19.4.